The van der Waals surface area contributed by atoms with Crippen molar-refractivity contribution in [3.8, 4) is 11.5 Å². The Kier molecular flexibility index (Phi) is 6.69. The summed E-state index contributed by atoms with van der Waals surface area (Å²) in [7, 11) is 0. The van der Waals surface area contributed by atoms with Crippen molar-refractivity contribution in [2.45, 2.75) is 52.4 Å². The highest BCUT2D eigenvalue weighted by molar-refractivity contribution is 5.95. The van der Waals surface area contributed by atoms with E-state index < -0.39 is 0 Å². The van der Waals surface area contributed by atoms with Gasteiger partial charge in [-0.1, -0.05) is 13.8 Å². The van der Waals surface area contributed by atoms with Crippen molar-refractivity contribution in [1.29, 1.82) is 0 Å². The summed E-state index contributed by atoms with van der Waals surface area (Å²) in [6.07, 6.45) is 1.74. The molecule has 2 aliphatic rings. The molecule has 8 heteroatoms. The lowest BCUT2D eigenvalue weighted by Crippen LogP contribution is -2.37. The van der Waals surface area contributed by atoms with Crippen molar-refractivity contribution < 1.29 is 23.4 Å². The van der Waals surface area contributed by atoms with Crippen LogP contribution >= 0.6 is 0 Å². The normalized spacial score (nSPS) is 20.2. The molecule has 2 fully saturated rings. The minimum atomic E-state index is -0.108. The van der Waals surface area contributed by atoms with Crippen LogP contribution < -0.4 is 9.47 Å². The molecule has 174 valence electrons. The second-order valence-corrected chi connectivity index (χ2v) is 8.87. The van der Waals surface area contributed by atoms with Gasteiger partial charge < -0.3 is 23.5 Å². The molecule has 3 heterocycles. The first kappa shape index (κ1) is 22.6. The first-order valence-corrected chi connectivity index (χ1v) is 11.6. The largest absolute Gasteiger partial charge is 0.490 e. The molecule has 1 spiro atoms. The average molecular weight is 444 g/mol. The van der Waals surface area contributed by atoms with Gasteiger partial charge in [0.15, 0.2) is 11.5 Å². The third-order valence-corrected chi connectivity index (χ3v) is 6.46. The minimum Gasteiger partial charge on any atom is -0.490 e. The number of ether oxygens (including phenoxy) is 3. The summed E-state index contributed by atoms with van der Waals surface area (Å²) >= 11 is 0. The number of hydrogen-bond acceptors (Lipinski definition) is 7. The highest BCUT2D eigenvalue weighted by atomic mass is 16.5. The average Bonchev–Trinajstić information content (AvgIpc) is 3.41. The van der Waals surface area contributed by atoms with Gasteiger partial charge >= 0.3 is 0 Å². The fourth-order valence-corrected chi connectivity index (χ4v) is 4.74. The van der Waals surface area contributed by atoms with Crippen molar-refractivity contribution in [3.63, 3.8) is 0 Å². The smallest absolute Gasteiger partial charge is 0.254 e. The third kappa shape index (κ3) is 4.33. The Morgan fingerprint density at radius 2 is 1.88 bits per heavy atom. The zero-order chi connectivity index (χ0) is 22.7. The van der Waals surface area contributed by atoms with Crippen LogP contribution in [0, 0.1) is 5.41 Å². The number of benzene rings is 1. The van der Waals surface area contributed by atoms with Crippen LogP contribution in [0.2, 0.25) is 0 Å². The first-order chi connectivity index (χ1) is 15.5. The summed E-state index contributed by atoms with van der Waals surface area (Å²) in [5, 5.41) is 8.62. The van der Waals surface area contributed by atoms with Gasteiger partial charge in [0.2, 0.25) is 11.8 Å². The summed E-state index contributed by atoms with van der Waals surface area (Å²) in [6.45, 7) is 11.5. The standard InChI is InChI=1S/C24H33N3O5/c1-5-30-19-8-7-17(13-20(19)31-6-2)23(28)27-14-18(22-26-25-21(32-22)16(3)4)24(15-27)9-11-29-12-10-24/h7-8,13,16,18H,5-6,9-12,14-15H2,1-4H3. The van der Waals surface area contributed by atoms with E-state index in [0.717, 1.165) is 12.8 Å². The van der Waals surface area contributed by atoms with Crippen LogP contribution in [0.25, 0.3) is 0 Å². The van der Waals surface area contributed by atoms with Gasteiger partial charge in [0.05, 0.1) is 19.1 Å². The molecule has 1 atom stereocenters. The lowest BCUT2D eigenvalue weighted by molar-refractivity contribution is 0.00888. The number of amides is 1. The lowest BCUT2D eigenvalue weighted by Gasteiger charge is -2.36. The molecule has 2 saturated heterocycles. The van der Waals surface area contributed by atoms with Crippen molar-refractivity contribution >= 4 is 5.91 Å². The lowest BCUT2D eigenvalue weighted by atomic mass is 9.72. The van der Waals surface area contributed by atoms with Gasteiger partial charge in [-0.05, 0) is 44.9 Å². The Hall–Kier alpha value is -2.61. The molecule has 0 bridgehead atoms. The Labute approximate surface area is 189 Å². The molecule has 0 aliphatic carbocycles. The highest BCUT2D eigenvalue weighted by Crippen LogP contribution is 2.49. The van der Waals surface area contributed by atoms with E-state index in [0.29, 0.717) is 68.4 Å². The highest BCUT2D eigenvalue weighted by Gasteiger charge is 2.51. The Morgan fingerprint density at radius 3 is 2.53 bits per heavy atom. The summed E-state index contributed by atoms with van der Waals surface area (Å²) < 4.78 is 23.1. The Bertz CT molecular complexity index is 935. The van der Waals surface area contributed by atoms with Gasteiger partial charge in [0, 0.05) is 43.2 Å². The summed E-state index contributed by atoms with van der Waals surface area (Å²) in [5.74, 6) is 2.66. The minimum absolute atomic E-state index is 0.00408. The van der Waals surface area contributed by atoms with E-state index in [1.807, 2.05) is 44.7 Å². The van der Waals surface area contributed by atoms with Crippen molar-refractivity contribution in [1.82, 2.24) is 15.1 Å². The number of nitrogens with zero attached hydrogens (tertiary/aromatic N) is 3. The Balaban J connectivity index is 1.61. The molecule has 1 amide bonds. The van der Waals surface area contributed by atoms with E-state index in [4.69, 9.17) is 18.6 Å². The number of hydrogen-bond donors (Lipinski definition) is 0. The van der Waals surface area contributed by atoms with E-state index in [2.05, 4.69) is 10.2 Å². The fraction of sp³-hybridized carbons (Fsp3) is 0.625. The zero-order valence-corrected chi connectivity index (χ0v) is 19.4. The number of likely N-dealkylation sites (tertiary alicyclic amines) is 1. The number of carbonyl (C=O) groups is 1. The molecule has 0 N–H and O–H groups in total. The van der Waals surface area contributed by atoms with Gasteiger partial charge in [0.25, 0.3) is 5.91 Å². The van der Waals surface area contributed by atoms with Crippen LogP contribution in [0.1, 0.15) is 74.5 Å². The van der Waals surface area contributed by atoms with Crippen molar-refractivity contribution in [3.05, 3.63) is 35.5 Å². The maximum Gasteiger partial charge on any atom is 0.254 e. The predicted molar refractivity (Wildman–Crippen MR) is 118 cm³/mol. The molecule has 8 nitrogen and oxygen atoms in total. The monoisotopic (exact) mass is 443 g/mol. The van der Waals surface area contributed by atoms with Crippen molar-refractivity contribution in [2.24, 2.45) is 5.41 Å². The molecule has 32 heavy (non-hydrogen) atoms. The van der Waals surface area contributed by atoms with Gasteiger partial charge in [-0.3, -0.25) is 4.79 Å². The van der Waals surface area contributed by atoms with Gasteiger partial charge in [-0.25, -0.2) is 0 Å². The maximum absolute atomic E-state index is 13.5. The number of rotatable bonds is 7. The van der Waals surface area contributed by atoms with Gasteiger partial charge in [0.1, 0.15) is 0 Å². The summed E-state index contributed by atoms with van der Waals surface area (Å²) in [5.41, 5.74) is 0.482. The second-order valence-electron chi connectivity index (χ2n) is 8.87. The van der Waals surface area contributed by atoms with Crippen LogP contribution in [0.5, 0.6) is 11.5 Å². The van der Waals surface area contributed by atoms with Crippen LogP contribution in [-0.4, -0.2) is 60.5 Å². The zero-order valence-electron chi connectivity index (χ0n) is 19.4. The number of aromatic nitrogens is 2. The summed E-state index contributed by atoms with van der Waals surface area (Å²) in [6, 6.07) is 5.40. The van der Waals surface area contributed by atoms with E-state index in [1.165, 1.54) is 0 Å². The van der Waals surface area contributed by atoms with E-state index in [9.17, 15) is 4.79 Å². The van der Waals surface area contributed by atoms with Crippen LogP contribution in [-0.2, 0) is 4.74 Å². The second kappa shape index (κ2) is 9.48. The van der Waals surface area contributed by atoms with Gasteiger partial charge in [-0.2, -0.15) is 0 Å². The molecule has 1 aromatic carbocycles. The molecule has 1 aromatic heterocycles. The van der Waals surface area contributed by atoms with Gasteiger partial charge in [-0.15, -0.1) is 10.2 Å². The Morgan fingerprint density at radius 1 is 1.16 bits per heavy atom. The molecule has 4 rings (SSSR count). The molecule has 0 saturated carbocycles. The van der Waals surface area contributed by atoms with E-state index in [-0.39, 0.29) is 23.2 Å². The molecule has 0 radical (unpaired) electrons. The van der Waals surface area contributed by atoms with Crippen LogP contribution in [0.3, 0.4) is 0 Å². The topological polar surface area (TPSA) is 86.9 Å². The molecule has 2 aliphatic heterocycles. The van der Waals surface area contributed by atoms with E-state index in [1.54, 1.807) is 6.07 Å². The quantitative estimate of drug-likeness (QED) is 0.638. The summed E-state index contributed by atoms with van der Waals surface area (Å²) in [4.78, 5) is 15.4. The first-order valence-electron chi connectivity index (χ1n) is 11.6. The predicted octanol–water partition coefficient (Wildman–Crippen LogP) is 4.03. The molecule has 2 aromatic rings. The van der Waals surface area contributed by atoms with Crippen LogP contribution in [0.15, 0.2) is 22.6 Å². The molecular weight excluding hydrogens is 410 g/mol. The van der Waals surface area contributed by atoms with E-state index >= 15 is 0 Å². The SMILES string of the molecule is CCOc1ccc(C(=O)N2CC(c3nnc(C(C)C)o3)C3(CCOCC3)C2)cc1OCC. The fourth-order valence-electron chi connectivity index (χ4n) is 4.74. The number of carbonyl (C=O) groups excluding carboxylic acids is 1. The maximum atomic E-state index is 13.5. The molecule has 1 unspecified atom stereocenters. The third-order valence-electron chi connectivity index (χ3n) is 6.46. The molecular formula is C24H33N3O5. The van der Waals surface area contributed by atoms with Crippen LogP contribution in [0.4, 0.5) is 0 Å². The van der Waals surface area contributed by atoms with Crippen molar-refractivity contribution in [2.75, 3.05) is 39.5 Å².